The molecule has 22 heavy (non-hydrogen) atoms. The molecular weight excluding hydrogens is 280 g/mol. The van der Waals surface area contributed by atoms with Crippen molar-refractivity contribution in [2.45, 2.75) is 52.1 Å². The Bertz CT molecular complexity index is 634. The summed E-state index contributed by atoms with van der Waals surface area (Å²) < 4.78 is 1.77. The molecule has 0 fully saturated rings. The number of aliphatic hydroxyl groups excluding tert-OH is 1. The second kappa shape index (κ2) is 6.62. The molecule has 1 atom stereocenters. The molecule has 0 aliphatic heterocycles. The summed E-state index contributed by atoms with van der Waals surface area (Å²) >= 11 is 0. The molecule has 0 radical (unpaired) electrons. The molecule has 122 valence electrons. The van der Waals surface area contributed by atoms with Gasteiger partial charge in [-0.1, -0.05) is 13.8 Å². The minimum absolute atomic E-state index is 0.0888. The molecule has 0 unspecified atom stereocenters. The van der Waals surface area contributed by atoms with E-state index in [2.05, 4.69) is 29.2 Å². The summed E-state index contributed by atoms with van der Waals surface area (Å²) in [5.41, 5.74) is 1.83. The van der Waals surface area contributed by atoms with E-state index >= 15 is 0 Å². The Morgan fingerprint density at radius 3 is 2.73 bits per heavy atom. The lowest BCUT2D eigenvalue weighted by Gasteiger charge is -2.24. The molecule has 0 amide bonds. The van der Waals surface area contributed by atoms with Crippen molar-refractivity contribution in [3.8, 4) is 0 Å². The van der Waals surface area contributed by atoms with Crippen molar-refractivity contribution in [1.29, 1.82) is 0 Å². The normalized spacial score (nSPS) is 14.5. The quantitative estimate of drug-likeness (QED) is 0.729. The Kier molecular flexibility index (Phi) is 5.03. The first-order chi connectivity index (χ1) is 10.3. The second-order valence-electron chi connectivity index (χ2n) is 6.45. The minimum atomic E-state index is -0.876. The fraction of sp³-hybridized carbons (Fsp3) is 0.625. The van der Waals surface area contributed by atoms with Gasteiger partial charge in [-0.15, -0.1) is 0 Å². The molecular formula is C16H26N4O2. The molecule has 2 heterocycles. The lowest BCUT2D eigenvalue weighted by Crippen LogP contribution is -2.34. The molecule has 2 aromatic rings. The predicted octanol–water partition coefficient (Wildman–Crippen LogP) is 2.10. The van der Waals surface area contributed by atoms with E-state index in [9.17, 15) is 5.11 Å². The summed E-state index contributed by atoms with van der Waals surface area (Å²) in [7, 11) is 0. The summed E-state index contributed by atoms with van der Waals surface area (Å²) in [4.78, 5) is 4.62. The number of anilines is 1. The Labute approximate surface area is 131 Å². The third kappa shape index (κ3) is 3.96. The smallest absolute Gasteiger partial charge is 0.157 e. The van der Waals surface area contributed by atoms with Crippen LogP contribution in [0.15, 0.2) is 12.1 Å². The van der Waals surface area contributed by atoms with Gasteiger partial charge < -0.3 is 15.5 Å². The number of fused-ring (bicyclic) bond motifs is 1. The van der Waals surface area contributed by atoms with Crippen molar-refractivity contribution in [2.75, 3.05) is 18.5 Å². The molecule has 0 saturated carbocycles. The minimum Gasteiger partial charge on any atom is -0.396 e. The topological polar surface area (TPSA) is 82.7 Å². The van der Waals surface area contributed by atoms with E-state index in [0.717, 1.165) is 22.9 Å². The van der Waals surface area contributed by atoms with Crippen LogP contribution in [0.1, 0.15) is 50.9 Å². The number of hydrogen-bond donors (Lipinski definition) is 3. The van der Waals surface area contributed by atoms with E-state index in [1.807, 2.05) is 19.1 Å². The second-order valence-corrected chi connectivity index (χ2v) is 6.45. The van der Waals surface area contributed by atoms with Crippen molar-refractivity contribution in [3.05, 3.63) is 23.5 Å². The third-order valence-corrected chi connectivity index (χ3v) is 3.68. The van der Waals surface area contributed by atoms with Crippen molar-refractivity contribution in [1.82, 2.24) is 14.6 Å². The summed E-state index contributed by atoms with van der Waals surface area (Å²) in [5, 5.41) is 27.0. The number of hydrogen-bond acceptors (Lipinski definition) is 5. The Morgan fingerprint density at radius 1 is 1.36 bits per heavy atom. The maximum Gasteiger partial charge on any atom is 0.157 e. The standard InChI is InChI=1S/C16H26N4O2/c1-11(2)13-9-14(17-10-16(4,22)6-5-7-21)20-15(18-13)8-12(3)19-20/h8-9,11,17,21-22H,5-7,10H2,1-4H3/t16-/m0/s1. The van der Waals surface area contributed by atoms with Gasteiger partial charge in [-0.25, -0.2) is 4.98 Å². The first-order valence-corrected chi connectivity index (χ1v) is 7.77. The number of aryl methyl sites for hydroxylation is 1. The lowest BCUT2D eigenvalue weighted by atomic mass is 10.0. The monoisotopic (exact) mass is 306 g/mol. The molecule has 0 aliphatic rings. The van der Waals surface area contributed by atoms with Gasteiger partial charge in [0.15, 0.2) is 5.65 Å². The van der Waals surface area contributed by atoms with E-state index in [1.54, 1.807) is 11.4 Å². The van der Waals surface area contributed by atoms with Crippen molar-refractivity contribution >= 4 is 11.5 Å². The van der Waals surface area contributed by atoms with Gasteiger partial charge in [0.1, 0.15) is 5.82 Å². The van der Waals surface area contributed by atoms with Gasteiger partial charge in [0.25, 0.3) is 0 Å². The van der Waals surface area contributed by atoms with Crippen LogP contribution in [0.2, 0.25) is 0 Å². The third-order valence-electron chi connectivity index (χ3n) is 3.68. The maximum absolute atomic E-state index is 10.3. The highest BCUT2D eigenvalue weighted by Gasteiger charge is 2.20. The summed E-state index contributed by atoms with van der Waals surface area (Å²) in [6, 6.07) is 3.92. The number of rotatable bonds is 7. The van der Waals surface area contributed by atoms with E-state index in [4.69, 9.17) is 5.11 Å². The van der Waals surface area contributed by atoms with Crippen LogP contribution in [0, 0.1) is 6.92 Å². The molecule has 2 rings (SSSR count). The van der Waals surface area contributed by atoms with E-state index in [-0.39, 0.29) is 6.61 Å². The van der Waals surface area contributed by atoms with Gasteiger partial charge >= 0.3 is 0 Å². The average molecular weight is 306 g/mol. The highest BCUT2D eigenvalue weighted by atomic mass is 16.3. The fourth-order valence-corrected chi connectivity index (χ4v) is 2.36. The van der Waals surface area contributed by atoms with Crippen LogP contribution in [0.25, 0.3) is 5.65 Å². The van der Waals surface area contributed by atoms with Gasteiger partial charge in [0.2, 0.25) is 0 Å². The van der Waals surface area contributed by atoms with E-state index < -0.39 is 5.60 Å². The molecule has 0 aromatic carbocycles. The number of nitrogens with one attached hydrogen (secondary N) is 1. The van der Waals surface area contributed by atoms with Gasteiger partial charge in [0.05, 0.1) is 11.3 Å². The van der Waals surface area contributed by atoms with Gasteiger partial charge in [-0.05, 0) is 32.6 Å². The van der Waals surface area contributed by atoms with Crippen LogP contribution >= 0.6 is 0 Å². The molecule has 0 aliphatic carbocycles. The summed E-state index contributed by atoms with van der Waals surface area (Å²) in [6.45, 7) is 8.39. The van der Waals surface area contributed by atoms with Crippen molar-refractivity contribution < 1.29 is 10.2 Å². The van der Waals surface area contributed by atoms with Crippen molar-refractivity contribution in [3.63, 3.8) is 0 Å². The molecule has 6 nitrogen and oxygen atoms in total. The Hall–Kier alpha value is -1.66. The molecule has 6 heteroatoms. The SMILES string of the molecule is Cc1cc2nc(C(C)C)cc(NC[C@@](C)(O)CCCO)n2n1. The van der Waals surface area contributed by atoms with Gasteiger partial charge in [0, 0.05) is 31.0 Å². The van der Waals surface area contributed by atoms with Crippen LogP contribution < -0.4 is 5.32 Å². The molecule has 0 spiro atoms. The molecule has 0 saturated heterocycles. The number of aliphatic hydroxyl groups is 2. The zero-order chi connectivity index (χ0) is 16.3. The maximum atomic E-state index is 10.3. The zero-order valence-electron chi connectivity index (χ0n) is 13.8. The Morgan fingerprint density at radius 2 is 2.09 bits per heavy atom. The highest BCUT2D eigenvalue weighted by Crippen LogP contribution is 2.21. The number of aromatic nitrogens is 3. The molecule has 2 aromatic heterocycles. The van der Waals surface area contributed by atoms with Crippen LogP contribution in [-0.2, 0) is 0 Å². The number of nitrogens with zero attached hydrogens (tertiary/aromatic N) is 3. The van der Waals surface area contributed by atoms with Crippen molar-refractivity contribution in [2.24, 2.45) is 0 Å². The first-order valence-electron chi connectivity index (χ1n) is 7.77. The van der Waals surface area contributed by atoms with E-state index in [1.165, 1.54) is 0 Å². The predicted molar refractivity (Wildman–Crippen MR) is 87.2 cm³/mol. The molecule has 0 bridgehead atoms. The lowest BCUT2D eigenvalue weighted by molar-refractivity contribution is 0.0564. The molecule has 3 N–H and O–H groups in total. The van der Waals surface area contributed by atoms with E-state index in [0.29, 0.717) is 25.3 Å². The largest absolute Gasteiger partial charge is 0.396 e. The van der Waals surface area contributed by atoms with Crippen LogP contribution in [0.4, 0.5) is 5.82 Å². The van der Waals surface area contributed by atoms with Crippen LogP contribution in [0.5, 0.6) is 0 Å². The van der Waals surface area contributed by atoms with Gasteiger partial charge in [-0.3, -0.25) is 0 Å². The Balaban J connectivity index is 2.25. The summed E-state index contributed by atoms with van der Waals surface area (Å²) in [5.74, 6) is 1.14. The van der Waals surface area contributed by atoms with Crippen LogP contribution in [0.3, 0.4) is 0 Å². The fourth-order valence-electron chi connectivity index (χ4n) is 2.36. The average Bonchev–Trinajstić information content (AvgIpc) is 2.82. The zero-order valence-corrected chi connectivity index (χ0v) is 13.8. The van der Waals surface area contributed by atoms with Crippen LogP contribution in [-0.4, -0.2) is 43.6 Å². The first kappa shape index (κ1) is 16.7. The van der Waals surface area contributed by atoms with Gasteiger partial charge in [-0.2, -0.15) is 9.61 Å². The summed E-state index contributed by atoms with van der Waals surface area (Å²) in [6.07, 6.45) is 1.12. The highest BCUT2D eigenvalue weighted by molar-refractivity contribution is 5.51.